The highest BCUT2D eigenvalue weighted by Gasteiger charge is 2.13. The van der Waals surface area contributed by atoms with Crippen molar-refractivity contribution in [3.05, 3.63) is 70.8 Å². The molecule has 22 heavy (non-hydrogen) atoms. The summed E-state index contributed by atoms with van der Waals surface area (Å²) in [4.78, 5) is 12.2. The summed E-state index contributed by atoms with van der Waals surface area (Å²) in [6.07, 6.45) is 17.4. The molecular formula is C19H21BrO2. The van der Waals surface area contributed by atoms with Crippen LogP contribution in [0.3, 0.4) is 0 Å². The molecule has 0 N–H and O–H groups in total. The van der Waals surface area contributed by atoms with Crippen molar-refractivity contribution in [3.8, 4) is 0 Å². The fourth-order valence-electron chi connectivity index (χ4n) is 2.20. The number of carbonyl (C=O) groups is 1. The second-order valence-corrected chi connectivity index (χ2v) is 6.13. The van der Waals surface area contributed by atoms with E-state index in [9.17, 15) is 4.79 Å². The Morgan fingerprint density at radius 2 is 1.64 bits per heavy atom. The Balaban J connectivity index is 1.99. The topological polar surface area (TPSA) is 26.3 Å². The molecule has 1 aliphatic rings. The highest BCUT2D eigenvalue weighted by atomic mass is 79.9. The van der Waals surface area contributed by atoms with E-state index in [1.807, 2.05) is 18.2 Å². The van der Waals surface area contributed by atoms with Crippen molar-refractivity contribution in [2.24, 2.45) is 0 Å². The Morgan fingerprint density at radius 3 is 2.41 bits per heavy atom. The van der Waals surface area contributed by atoms with Crippen LogP contribution in [0, 0.1) is 0 Å². The number of hydrogen-bond donors (Lipinski definition) is 0. The van der Waals surface area contributed by atoms with Crippen LogP contribution >= 0.6 is 15.9 Å². The van der Waals surface area contributed by atoms with Gasteiger partial charge in [0.1, 0.15) is 6.10 Å². The van der Waals surface area contributed by atoms with Crippen molar-refractivity contribution >= 4 is 21.9 Å². The van der Waals surface area contributed by atoms with E-state index in [2.05, 4.69) is 46.3 Å². The van der Waals surface area contributed by atoms with Crippen molar-refractivity contribution < 1.29 is 9.53 Å². The van der Waals surface area contributed by atoms with Crippen molar-refractivity contribution in [1.82, 2.24) is 0 Å². The monoisotopic (exact) mass is 360 g/mol. The normalized spacial score (nSPS) is 23.6. The molecule has 3 heteroatoms. The lowest BCUT2D eigenvalue weighted by Crippen LogP contribution is -2.16. The highest BCUT2D eigenvalue weighted by molar-refractivity contribution is 9.10. The SMILES string of the molecule is O=C(OC1/C=C\C/C=C/CC/C=C\CC1)c1ccc(Br)cc1. The van der Waals surface area contributed by atoms with Crippen molar-refractivity contribution in [2.45, 2.75) is 38.2 Å². The van der Waals surface area contributed by atoms with Gasteiger partial charge in [-0.2, -0.15) is 0 Å². The largest absolute Gasteiger partial charge is 0.455 e. The molecule has 116 valence electrons. The van der Waals surface area contributed by atoms with Gasteiger partial charge in [0.15, 0.2) is 0 Å². The van der Waals surface area contributed by atoms with Gasteiger partial charge >= 0.3 is 5.97 Å². The number of benzene rings is 1. The molecule has 0 saturated carbocycles. The Labute approximate surface area is 140 Å². The Hall–Kier alpha value is -1.61. The predicted molar refractivity (Wildman–Crippen MR) is 93.9 cm³/mol. The van der Waals surface area contributed by atoms with E-state index in [0.29, 0.717) is 5.56 Å². The predicted octanol–water partition coefficient (Wildman–Crippen LogP) is 5.61. The number of rotatable bonds is 2. The molecule has 1 aromatic rings. The third-order valence-corrected chi connectivity index (χ3v) is 3.94. The zero-order valence-electron chi connectivity index (χ0n) is 12.6. The Morgan fingerprint density at radius 1 is 0.955 bits per heavy atom. The van der Waals surface area contributed by atoms with Crippen LogP contribution in [0.1, 0.15) is 42.5 Å². The minimum Gasteiger partial charge on any atom is -0.455 e. The second-order valence-electron chi connectivity index (χ2n) is 5.21. The van der Waals surface area contributed by atoms with Gasteiger partial charge in [0.05, 0.1) is 5.56 Å². The van der Waals surface area contributed by atoms with E-state index in [1.165, 1.54) is 0 Å². The molecule has 0 fully saturated rings. The van der Waals surface area contributed by atoms with Crippen molar-refractivity contribution in [3.63, 3.8) is 0 Å². The lowest BCUT2D eigenvalue weighted by atomic mass is 10.1. The molecule has 0 amide bonds. The van der Waals surface area contributed by atoms with Crippen LogP contribution in [0.25, 0.3) is 0 Å². The number of allylic oxidation sites excluding steroid dienone is 5. The van der Waals surface area contributed by atoms with Gasteiger partial charge in [-0.25, -0.2) is 4.79 Å². The molecule has 1 aromatic carbocycles. The third kappa shape index (κ3) is 6.02. The molecule has 0 saturated heterocycles. The van der Waals surface area contributed by atoms with Gasteiger partial charge in [-0.15, -0.1) is 0 Å². The summed E-state index contributed by atoms with van der Waals surface area (Å²) in [5.74, 6) is -0.270. The average molecular weight is 361 g/mol. The summed E-state index contributed by atoms with van der Waals surface area (Å²) in [7, 11) is 0. The molecule has 2 rings (SSSR count). The summed E-state index contributed by atoms with van der Waals surface area (Å²) in [5.41, 5.74) is 0.582. The van der Waals surface area contributed by atoms with Crippen LogP contribution in [-0.2, 0) is 4.74 Å². The standard InChI is InChI=1S/C19H21BrO2/c20-17-14-12-16(13-15-17)19(21)22-18-10-8-6-4-2-1-3-5-7-9-11-18/h2,4-5,7-8,10,12-15,18H,1,3,6,9,11H2/b4-2+,7-5-,10-8-. The summed E-state index contributed by atoms with van der Waals surface area (Å²) < 4.78 is 6.57. The molecule has 0 heterocycles. The lowest BCUT2D eigenvalue weighted by molar-refractivity contribution is 0.0382. The summed E-state index contributed by atoms with van der Waals surface area (Å²) in [6.45, 7) is 0. The Bertz CT molecular complexity index is 555. The fourth-order valence-corrected chi connectivity index (χ4v) is 2.46. The number of hydrogen-bond acceptors (Lipinski definition) is 2. The van der Waals surface area contributed by atoms with Gasteiger partial charge in [-0.05, 0) is 62.4 Å². The molecule has 2 nitrogen and oxygen atoms in total. The van der Waals surface area contributed by atoms with E-state index in [1.54, 1.807) is 12.1 Å². The van der Waals surface area contributed by atoms with Gasteiger partial charge in [-0.3, -0.25) is 0 Å². The molecule has 1 atom stereocenters. The average Bonchev–Trinajstić information content (AvgIpc) is 2.50. The number of halogens is 1. The zero-order chi connectivity index (χ0) is 15.6. The van der Waals surface area contributed by atoms with Crippen molar-refractivity contribution in [2.75, 3.05) is 0 Å². The highest BCUT2D eigenvalue weighted by Crippen LogP contribution is 2.14. The van der Waals surface area contributed by atoms with Crippen LogP contribution < -0.4 is 0 Å². The quantitative estimate of drug-likeness (QED) is 0.506. The fraction of sp³-hybridized carbons (Fsp3) is 0.316. The van der Waals surface area contributed by atoms with Crippen molar-refractivity contribution in [1.29, 1.82) is 0 Å². The zero-order valence-corrected chi connectivity index (χ0v) is 14.2. The first-order valence-electron chi connectivity index (χ1n) is 7.69. The number of carbonyl (C=O) groups excluding carboxylic acids is 1. The van der Waals surface area contributed by atoms with Crippen LogP contribution in [0.15, 0.2) is 65.2 Å². The molecule has 1 aliphatic carbocycles. The smallest absolute Gasteiger partial charge is 0.338 e. The molecule has 0 aromatic heterocycles. The van der Waals surface area contributed by atoms with E-state index >= 15 is 0 Å². The van der Waals surface area contributed by atoms with E-state index in [4.69, 9.17) is 4.74 Å². The molecule has 1 unspecified atom stereocenters. The molecular weight excluding hydrogens is 340 g/mol. The van der Waals surface area contributed by atoms with E-state index in [0.717, 1.165) is 36.6 Å². The molecule has 0 aliphatic heterocycles. The van der Waals surface area contributed by atoms with Gasteiger partial charge < -0.3 is 4.74 Å². The maximum atomic E-state index is 12.2. The maximum Gasteiger partial charge on any atom is 0.338 e. The van der Waals surface area contributed by atoms with Crippen LogP contribution in [0.2, 0.25) is 0 Å². The van der Waals surface area contributed by atoms with Crippen LogP contribution in [0.5, 0.6) is 0 Å². The van der Waals surface area contributed by atoms with Gasteiger partial charge in [0.25, 0.3) is 0 Å². The van der Waals surface area contributed by atoms with Gasteiger partial charge in [0.2, 0.25) is 0 Å². The number of esters is 1. The minimum absolute atomic E-state index is 0.173. The molecule has 0 spiro atoms. The number of ether oxygens (including phenoxy) is 1. The summed E-state index contributed by atoms with van der Waals surface area (Å²) in [5, 5.41) is 0. The lowest BCUT2D eigenvalue weighted by Gasteiger charge is -2.14. The minimum atomic E-state index is -0.270. The first-order valence-corrected chi connectivity index (χ1v) is 8.48. The van der Waals surface area contributed by atoms with Crippen LogP contribution in [-0.4, -0.2) is 12.1 Å². The van der Waals surface area contributed by atoms with E-state index < -0.39 is 0 Å². The first kappa shape index (κ1) is 16.8. The maximum absolute atomic E-state index is 12.2. The van der Waals surface area contributed by atoms with Gasteiger partial charge in [-0.1, -0.05) is 46.3 Å². The summed E-state index contributed by atoms with van der Waals surface area (Å²) in [6, 6.07) is 7.24. The van der Waals surface area contributed by atoms with E-state index in [-0.39, 0.29) is 12.1 Å². The molecule has 0 bridgehead atoms. The Kier molecular flexibility index (Phi) is 7.17. The second kappa shape index (κ2) is 9.42. The molecule has 0 radical (unpaired) electrons. The van der Waals surface area contributed by atoms with Crippen LogP contribution in [0.4, 0.5) is 0 Å². The first-order chi connectivity index (χ1) is 10.8. The third-order valence-electron chi connectivity index (χ3n) is 3.41. The summed E-state index contributed by atoms with van der Waals surface area (Å²) >= 11 is 3.36. The van der Waals surface area contributed by atoms with Gasteiger partial charge in [0, 0.05) is 4.47 Å².